The summed E-state index contributed by atoms with van der Waals surface area (Å²) in [7, 11) is 0. The Hall–Kier alpha value is -1.71. The van der Waals surface area contributed by atoms with E-state index in [1.54, 1.807) is 12.1 Å². The Morgan fingerprint density at radius 3 is 2.30 bits per heavy atom. The second-order valence-corrected chi connectivity index (χ2v) is 8.81. The number of carbonyl (C=O) groups excluding carboxylic acids is 1. The second kappa shape index (κ2) is 8.09. The van der Waals surface area contributed by atoms with Crippen LogP contribution in [0.2, 0.25) is 0 Å². The summed E-state index contributed by atoms with van der Waals surface area (Å²) in [5.74, 6) is -1.22. The van der Waals surface area contributed by atoms with Gasteiger partial charge in [-0.3, -0.25) is 4.79 Å². The predicted molar refractivity (Wildman–Crippen MR) is 108 cm³/mol. The molecule has 5 atom stereocenters. The summed E-state index contributed by atoms with van der Waals surface area (Å²) in [6, 6.07) is 7.27. The summed E-state index contributed by atoms with van der Waals surface area (Å²) in [4.78, 5) is 13.1. The number of nitrogens with one attached hydrogen (secondary N) is 1. The van der Waals surface area contributed by atoms with Gasteiger partial charge in [-0.25, -0.2) is 0 Å². The van der Waals surface area contributed by atoms with Gasteiger partial charge in [0.1, 0.15) is 24.1 Å². The predicted octanol–water partition coefficient (Wildman–Crippen LogP) is 3.20. The minimum atomic E-state index is -0.893. The first-order valence-electron chi connectivity index (χ1n) is 10.6. The van der Waals surface area contributed by atoms with Crippen LogP contribution in [0.1, 0.15) is 47.5 Å². The Morgan fingerprint density at radius 2 is 1.60 bits per heavy atom. The fraction of sp³-hybridized carbons (Fsp3) is 0.682. The standard InChI is InChI=1S/C22H31NO7/c1-6-7-12-25-14-10-8-13(9-11-14)23-19(24)17-15-16(28-21(2,3)27-15)18-20(26-17)30-22(4,5)29-18/h8-11,15-18,20H,6-7,12H2,1-5H3,(H,23,24)/t15-,16+,17+,18-,20-/m1/s1. The molecule has 3 fully saturated rings. The third-order valence-corrected chi connectivity index (χ3v) is 5.30. The number of rotatable bonds is 6. The molecule has 1 amide bonds. The normalized spacial score (nSPS) is 33.6. The number of unbranched alkanes of at least 4 members (excludes halogenated alkanes) is 1. The molecule has 0 bridgehead atoms. The minimum Gasteiger partial charge on any atom is -0.494 e. The first-order valence-corrected chi connectivity index (χ1v) is 10.6. The molecule has 0 radical (unpaired) electrons. The van der Waals surface area contributed by atoms with Crippen LogP contribution >= 0.6 is 0 Å². The Bertz CT molecular complexity index is 763. The van der Waals surface area contributed by atoms with Crippen LogP contribution in [0.25, 0.3) is 0 Å². The quantitative estimate of drug-likeness (QED) is 0.706. The Morgan fingerprint density at radius 1 is 0.967 bits per heavy atom. The lowest BCUT2D eigenvalue weighted by Gasteiger charge is -2.36. The molecule has 0 aliphatic carbocycles. The Labute approximate surface area is 177 Å². The number of benzene rings is 1. The molecule has 3 saturated heterocycles. The molecule has 1 aromatic rings. The fourth-order valence-corrected chi connectivity index (χ4v) is 4.01. The highest BCUT2D eigenvalue weighted by Gasteiger charge is 2.62. The summed E-state index contributed by atoms with van der Waals surface area (Å²) in [6.07, 6.45) is -1.05. The molecule has 166 valence electrons. The van der Waals surface area contributed by atoms with Crippen molar-refractivity contribution >= 4 is 11.6 Å². The lowest BCUT2D eigenvalue weighted by Crippen LogP contribution is -2.58. The maximum Gasteiger partial charge on any atom is 0.256 e. The van der Waals surface area contributed by atoms with Gasteiger partial charge in [0, 0.05) is 5.69 Å². The van der Waals surface area contributed by atoms with E-state index in [0.717, 1.165) is 18.6 Å². The van der Waals surface area contributed by atoms with Gasteiger partial charge in [-0.05, 0) is 58.4 Å². The highest BCUT2D eigenvalue weighted by molar-refractivity contribution is 5.94. The van der Waals surface area contributed by atoms with Crippen molar-refractivity contribution in [1.29, 1.82) is 0 Å². The maximum absolute atomic E-state index is 13.1. The van der Waals surface area contributed by atoms with E-state index in [1.807, 2.05) is 39.8 Å². The van der Waals surface area contributed by atoms with Gasteiger partial charge in [0.2, 0.25) is 0 Å². The number of ether oxygens (including phenoxy) is 6. The summed E-state index contributed by atoms with van der Waals surface area (Å²) in [5, 5.41) is 2.90. The zero-order chi connectivity index (χ0) is 21.5. The first-order chi connectivity index (χ1) is 14.2. The monoisotopic (exact) mass is 421 g/mol. The van der Waals surface area contributed by atoms with E-state index in [2.05, 4.69) is 12.2 Å². The van der Waals surface area contributed by atoms with Gasteiger partial charge in [-0.2, -0.15) is 0 Å². The van der Waals surface area contributed by atoms with Crippen LogP contribution in [-0.4, -0.2) is 54.8 Å². The van der Waals surface area contributed by atoms with E-state index in [-0.39, 0.29) is 5.91 Å². The van der Waals surface area contributed by atoms with E-state index in [0.29, 0.717) is 12.3 Å². The molecule has 8 nitrogen and oxygen atoms in total. The van der Waals surface area contributed by atoms with E-state index in [9.17, 15) is 4.79 Å². The molecule has 8 heteroatoms. The molecule has 3 aliphatic rings. The molecule has 4 rings (SSSR count). The summed E-state index contributed by atoms with van der Waals surface area (Å²) in [5.41, 5.74) is 0.646. The summed E-state index contributed by atoms with van der Waals surface area (Å²) in [6.45, 7) is 10.0. The number of hydrogen-bond donors (Lipinski definition) is 1. The van der Waals surface area contributed by atoms with Crippen molar-refractivity contribution in [3.8, 4) is 5.75 Å². The van der Waals surface area contributed by atoms with Gasteiger partial charge in [-0.1, -0.05) is 13.3 Å². The third kappa shape index (κ3) is 4.48. The average molecular weight is 421 g/mol. The third-order valence-electron chi connectivity index (χ3n) is 5.30. The highest BCUT2D eigenvalue weighted by Crippen LogP contribution is 2.44. The molecule has 0 saturated carbocycles. The number of hydrogen-bond acceptors (Lipinski definition) is 7. The van der Waals surface area contributed by atoms with Crippen molar-refractivity contribution in [2.75, 3.05) is 11.9 Å². The Kier molecular flexibility index (Phi) is 5.80. The molecule has 1 N–H and O–H groups in total. The lowest BCUT2D eigenvalue weighted by atomic mass is 9.98. The van der Waals surface area contributed by atoms with Gasteiger partial charge >= 0.3 is 0 Å². The van der Waals surface area contributed by atoms with Crippen molar-refractivity contribution in [3.63, 3.8) is 0 Å². The topological polar surface area (TPSA) is 84.5 Å². The van der Waals surface area contributed by atoms with Gasteiger partial charge in [0.05, 0.1) is 6.61 Å². The van der Waals surface area contributed by atoms with Crippen molar-refractivity contribution in [3.05, 3.63) is 24.3 Å². The van der Waals surface area contributed by atoms with Crippen molar-refractivity contribution in [2.45, 2.75) is 89.7 Å². The van der Waals surface area contributed by atoms with Gasteiger partial charge < -0.3 is 33.7 Å². The number of carbonyl (C=O) groups is 1. The number of fused-ring (bicyclic) bond motifs is 3. The van der Waals surface area contributed by atoms with E-state index < -0.39 is 42.3 Å². The SMILES string of the molecule is CCCCOc1ccc(NC(=O)[C@H]2O[C@@H]3OC(C)(C)O[C@@H]3[C@H]3OC(C)(C)O[C@H]32)cc1. The second-order valence-electron chi connectivity index (χ2n) is 8.81. The van der Waals surface area contributed by atoms with Crippen LogP contribution in [-0.2, 0) is 28.5 Å². The largest absolute Gasteiger partial charge is 0.494 e. The van der Waals surface area contributed by atoms with Crippen molar-refractivity contribution in [1.82, 2.24) is 0 Å². The molecule has 1 aromatic carbocycles. The molecule has 3 heterocycles. The van der Waals surface area contributed by atoms with Crippen LogP contribution < -0.4 is 10.1 Å². The van der Waals surface area contributed by atoms with E-state index >= 15 is 0 Å². The zero-order valence-electron chi connectivity index (χ0n) is 18.2. The fourth-order valence-electron chi connectivity index (χ4n) is 4.01. The van der Waals surface area contributed by atoms with Crippen molar-refractivity contribution < 1.29 is 33.2 Å². The van der Waals surface area contributed by atoms with Crippen LogP contribution in [0.4, 0.5) is 5.69 Å². The van der Waals surface area contributed by atoms with Gasteiger partial charge in [-0.15, -0.1) is 0 Å². The van der Waals surface area contributed by atoms with Crippen molar-refractivity contribution in [2.24, 2.45) is 0 Å². The van der Waals surface area contributed by atoms with Crippen LogP contribution in [0.5, 0.6) is 5.75 Å². The molecule has 0 spiro atoms. The molecule has 30 heavy (non-hydrogen) atoms. The zero-order valence-corrected chi connectivity index (χ0v) is 18.2. The van der Waals surface area contributed by atoms with Crippen LogP contribution in [0, 0.1) is 0 Å². The minimum absolute atomic E-state index is 0.322. The van der Waals surface area contributed by atoms with E-state index in [1.165, 1.54) is 0 Å². The molecule has 0 unspecified atom stereocenters. The lowest BCUT2D eigenvalue weighted by molar-refractivity contribution is -0.229. The number of amides is 1. The Balaban J connectivity index is 1.45. The van der Waals surface area contributed by atoms with Gasteiger partial charge in [0.15, 0.2) is 24.0 Å². The average Bonchev–Trinajstić information content (AvgIpc) is 3.16. The molecular formula is C22H31NO7. The molecule has 0 aromatic heterocycles. The number of anilines is 1. The molecule has 3 aliphatic heterocycles. The van der Waals surface area contributed by atoms with E-state index in [4.69, 9.17) is 28.4 Å². The van der Waals surface area contributed by atoms with Crippen LogP contribution in [0.15, 0.2) is 24.3 Å². The smallest absolute Gasteiger partial charge is 0.256 e. The summed E-state index contributed by atoms with van der Waals surface area (Å²) >= 11 is 0. The molecular weight excluding hydrogens is 390 g/mol. The maximum atomic E-state index is 13.1. The first kappa shape index (κ1) is 21.5. The summed E-state index contributed by atoms with van der Waals surface area (Å²) < 4.78 is 35.5. The van der Waals surface area contributed by atoms with Crippen LogP contribution in [0.3, 0.4) is 0 Å². The van der Waals surface area contributed by atoms with Gasteiger partial charge in [0.25, 0.3) is 5.91 Å². The highest BCUT2D eigenvalue weighted by atomic mass is 16.9.